The summed E-state index contributed by atoms with van der Waals surface area (Å²) >= 11 is 7.32. The van der Waals surface area contributed by atoms with Crippen LogP contribution >= 0.6 is 22.9 Å². The highest BCUT2D eigenvalue weighted by atomic mass is 35.5. The minimum atomic E-state index is -0.0335. The third-order valence-corrected chi connectivity index (χ3v) is 5.86. The lowest BCUT2D eigenvalue weighted by molar-refractivity contribution is 0.0302. The summed E-state index contributed by atoms with van der Waals surface area (Å²) in [5.74, 6) is 0.214. The quantitative estimate of drug-likeness (QED) is 0.801. The van der Waals surface area contributed by atoms with Crippen molar-refractivity contribution in [3.8, 4) is 0 Å². The van der Waals surface area contributed by atoms with Gasteiger partial charge in [0.25, 0.3) is 0 Å². The number of carbonyl (C=O) groups is 1. The van der Waals surface area contributed by atoms with Crippen LogP contribution in [0.3, 0.4) is 0 Å². The molecule has 3 nitrogen and oxygen atoms in total. The van der Waals surface area contributed by atoms with Crippen LogP contribution in [0.15, 0.2) is 12.1 Å². The Balaban J connectivity index is 1.65. The third-order valence-electron chi connectivity index (χ3n) is 4.61. The van der Waals surface area contributed by atoms with Gasteiger partial charge in [-0.05, 0) is 38.4 Å². The smallest absolute Gasteiger partial charge is 0.189 e. The number of thiophene rings is 1. The summed E-state index contributed by atoms with van der Waals surface area (Å²) in [6.45, 7) is 6.41. The fourth-order valence-corrected chi connectivity index (χ4v) is 4.42. The van der Waals surface area contributed by atoms with Crippen molar-refractivity contribution in [2.45, 2.75) is 38.3 Å². The molecule has 3 heterocycles. The molecule has 2 atom stereocenters. The third kappa shape index (κ3) is 2.93. The van der Waals surface area contributed by atoms with Gasteiger partial charge in [-0.1, -0.05) is 18.0 Å². The molecule has 2 aliphatic rings. The van der Waals surface area contributed by atoms with E-state index in [1.165, 1.54) is 37.1 Å². The van der Waals surface area contributed by atoms with E-state index in [9.17, 15) is 4.79 Å². The molecule has 2 aliphatic heterocycles. The summed E-state index contributed by atoms with van der Waals surface area (Å²) in [4.78, 5) is 18.2. The Morgan fingerprint density at radius 1 is 1.35 bits per heavy atom. The van der Waals surface area contributed by atoms with Crippen molar-refractivity contribution in [3.63, 3.8) is 0 Å². The molecule has 1 aromatic heterocycles. The minimum absolute atomic E-state index is 0.0335. The summed E-state index contributed by atoms with van der Waals surface area (Å²) in [6.07, 6.45) is 3.94. The summed E-state index contributed by atoms with van der Waals surface area (Å²) in [5.41, 5.74) is 0. The molecule has 20 heavy (non-hydrogen) atoms. The summed E-state index contributed by atoms with van der Waals surface area (Å²) in [7, 11) is 0. The summed E-state index contributed by atoms with van der Waals surface area (Å²) in [6, 6.07) is 4.28. The van der Waals surface area contributed by atoms with E-state index in [-0.39, 0.29) is 11.8 Å². The standard InChI is InChI=1S/C15H21ClN2OS/c1-11(15(19)13-5-6-14(16)20-13)18-9-8-17-7-3-2-4-12(17)10-18/h5-6,11-12H,2-4,7-10H2,1H3. The Labute approximate surface area is 129 Å². The van der Waals surface area contributed by atoms with E-state index < -0.39 is 0 Å². The maximum absolute atomic E-state index is 12.5. The molecule has 3 rings (SSSR count). The number of fused-ring (bicyclic) bond motifs is 1. The zero-order valence-corrected chi connectivity index (χ0v) is 13.4. The van der Waals surface area contributed by atoms with E-state index in [0.29, 0.717) is 10.4 Å². The van der Waals surface area contributed by atoms with Gasteiger partial charge in [-0.3, -0.25) is 14.6 Å². The van der Waals surface area contributed by atoms with Gasteiger partial charge in [0.15, 0.2) is 5.78 Å². The number of Topliss-reactive ketones (excluding diaryl/α,β-unsaturated/α-hetero) is 1. The first-order valence-electron chi connectivity index (χ1n) is 7.43. The second kappa shape index (κ2) is 6.14. The van der Waals surface area contributed by atoms with E-state index in [1.807, 2.05) is 19.1 Å². The van der Waals surface area contributed by atoms with Crippen LogP contribution in [-0.2, 0) is 0 Å². The molecule has 2 saturated heterocycles. The van der Waals surface area contributed by atoms with Gasteiger partial charge in [0.2, 0.25) is 0 Å². The van der Waals surface area contributed by atoms with Crippen LogP contribution in [0.5, 0.6) is 0 Å². The van der Waals surface area contributed by atoms with Crippen molar-refractivity contribution in [1.29, 1.82) is 0 Å². The maximum Gasteiger partial charge on any atom is 0.189 e. The SMILES string of the molecule is CC(C(=O)c1ccc(Cl)s1)N1CCN2CCCCC2C1. The second-order valence-corrected chi connectivity index (χ2v) is 7.54. The molecule has 0 amide bonds. The van der Waals surface area contributed by atoms with Gasteiger partial charge in [-0.15, -0.1) is 11.3 Å². The number of nitrogens with zero attached hydrogens (tertiary/aromatic N) is 2. The Morgan fingerprint density at radius 3 is 2.95 bits per heavy atom. The second-order valence-electron chi connectivity index (χ2n) is 5.82. The van der Waals surface area contributed by atoms with E-state index in [4.69, 9.17) is 11.6 Å². The lowest BCUT2D eigenvalue weighted by atomic mass is 9.98. The van der Waals surface area contributed by atoms with Crippen LogP contribution in [0.2, 0.25) is 4.34 Å². The monoisotopic (exact) mass is 312 g/mol. The van der Waals surface area contributed by atoms with Gasteiger partial charge in [0, 0.05) is 25.7 Å². The van der Waals surface area contributed by atoms with Gasteiger partial charge < -0.3 is 0 Å². The predicted octanol–water partition coefficient (Wildman–Crippen LogP) is 3.14. The highest BCUT2D eigenvalue weighted by Gasteiger charge is 2.33. The average molecular weight is 313 g/mol. The number of piperidine rings is 1. The summed E-state index contributed by atoms with van der Waals surface area (Å²) in [5, 5.41) is 0. The molecule has 2 unspecified atom stereocenters. The number of halogens is 1. The van der Waals surface area contributed by atoms with Crippen molar-refractivity contribution in [2.75, 3.05) is 26.2 Å². The van der Waals surface area contributed by atoms with Crippen LogP contribution in [0, 0.1) is 0 Å². The van der Waals surface area contributed by atoms with Crippen molar-refractivity contribution >= 4 is 28.7 Å². The number of ketones is 1. The molecule has 0 N–H and O–H groups in total. The zero-order chi connectivity index (χ0) is 14.1. The largest absolute Gasteiger partial charge is 0.298 e. The van der Waals surface area contributed by atoms with Gasteiger partial charge >= 0.3 is 0 Å². The van der Waals surface area contributed by atoms with Crippen molar-refractivity contribution in [1.82, 2.24) is 9.80 Å². The van der Waals surface area contributed by atoms with Crippen LogP contribution in [0.25, 0.3) is 0 Å². The van der Waals surface area contributed by atoms with Crippen LogP contribution in [0.1, 0.15) is 35.9 Å². The first-order chi connectivity index (χ1) is 9.65. The average Bonchev–Trinajstić information content (AvgIpc) is 2.92. The Morgan fingerprint density at radius 2 is 2.20 bits per heavy atom. The molecule has 1 aromatic rings. The maximum atomic E-state index is 12.5. The lowest BCUT2D eigenvalue weighted by Crippen LogP contribution is -2.57. The Bertz CT molecular complexity index is 490. The number of hydrogen-bond acceptors (Lipinski definition) is 4. The topological polar surface area (TPSA) is 23.6 Å². The number of carbonyl (C=O) groups excluding carboxylic acids is 1. The van der Waals surface area contributed by atoms with E-state index in [1.54, 1.807) is 0 Å². The van der Waals surface area contributed by atoms with Gasteiger partial charge in [0.05, 0.1) is 15.3 Å². The number of hydrogen-bond donors (Lipinski definition) is 0. The molecule has 0 aromatic carbocycles. The van der Waals surface area contributed by atoms with Crippen LogP contribution < -0.4 is 0 Å². The van der Waals surface area contributed by atoms with E-state index in [2.05, 4.69) is 9.80 Å². The van der Waals surface area contributed by atoms with E-state index >= 15 is 0 Å². The fraction of sp³-hybridized carbons (Fsp3) is 0.667. The lowest BCUT2D eigenvalue weighted by Gasteiger charge is -2.45. The molecule has 5 heteroatoms. The zero-order valence-electron chi connectivity index (χ0n) is 11.8. The Kier molecular flexibility index (Phi) is 4.46. The molecular formula is C15H21ClN2OS. The highest BCUT2D eigenvalue weighted by molar-refractivity contribution is 7.18. The molecular weight excluding hydrogens is 292 g/mol. The van der Waals surface area contributed by atoms with Gasteiger partial charge in [-0.2, -0.15) is 0 Å². The van der Waals surface area contributed by atoms with E-state index in [0.717, 1.165) is 24.5 Å². The minimum Gasteiger partial charge on any atom is -0.298 e. The van der Waals surface area contributed by atoms with Crippen molar-refractivity contribution in [2.24, 2.45) is 0 Å². The normalized spacial score (nSPS) is 26.2. The molecule has 2 fully saturated rings. The Hall–Kier alpha value is -0.420. The summed E-state index contributed by atoms with van der Waals surface area (Å²) < 4.78 is 0.692. The highest BCUT2D eigenvalue weighted by Crippen LogP contribution is 2.26. The van der Waals surface area contributed by atoms with Crippen molar-refractivity contribution < 1.29 is 4.79 Å². The van der Waals surface area contributed by atoms with Crippen LogP contribution in [-0.4, -0.2) is 53.8 Å². The van der Waals surface area contributed by atoms with Crippen molar-refractivity contribution in [3.05, 3.63) is 21.3 Å². The van der Waals surface area contributed by atoms with Crippen LogP contribution in [0.4, 0.5) is 0 Å². The molecule has 110 valence electrons. The molecule has 0 spiro atoms. The first-order valence-corrected chi connectivity index (χ1v) is 8.62. The molecule has 0 bridgehead atoms. The van der Waals surface area contributed by atoms with Gasteiger partial charge in [0.1, 0.15) is 0 Å². The first kappa shape index (κ1) is 14.5. The predicted molar refractivity (Wildman–Crippen MR) is 83.9 cm³/mol. The fourth-order valence-electron chi connectivity index (χ4n) is 3.35. The number of rotatable bonds is 3. The molecule has 0 aliphatic carbocycles. The van der Waals surface area contributed by atoms with Gasteiger partial charge in [-0.25, -0.2) is 0 Å². The molecule has 0 saturated carbocycles. The number of piperazine rings is 1. The molecule has 0 radical (unpaired) electrons.